The monoisotopic (exact) mass is 487 g/mol. The van der Waals surface area contributed by atoms with Gasteiger partial charge < -0.3 is 5.32 Å². The number of amides is 1. The zero-order valence-corrected chi connectivity index (χ0v) is 20.0. The van der Waals surface area contributed by atoms with E-state index in [-0.39, 0.29) is 11.7 Å². The Hall–Kier alpha value is -3.97. The van der Waals surface area contributed by atoms with E-state index in [1.54, 1.807) is 29.1 Å². The molecule has 176 valence electrons. The lowest BCUT2D eigenvalue weighted by Crippen LogP contribution is -2.18. The average molecular weight is 488 g/mol. The largest absolute Gasteiger partial charge is 0.310 e. The number of carbonyl (C=O) groups excluding carboxylic acids is 1. The van der Waals surface area contributed by atoms with E-state index in [2.05, 4.69) is 31.1 Å². The Kier molecular flexibility index (Phi) is 6.09. The molecule has 1 amide bonds. The molecular formula is C25H22FN7OS. The highest BCUT2D eigenvalue weighted by atomic mass is 32.2. The highest BCUT2D eigenvalue weighted by molar-refractivity contribution is 7.99. The Morgan fingerprint density at radius 3 is 2.69 bits per heavy atom. The number of benzene rings is 1. The summed E-state index contributed by atoms with van der Waals surface area (Å²) >= 11 is 1.30. The summed E-state index contributed by atoms with van der Waals surface area (Å²) in [6.07, 6.45) is 5.51. The topological polar surface area (TPSA) is 101 Å². The number of nitriles is 1. The van der Waals surface area contributed by atoms with Crippen molar-refractivity contribution in [2.45, 2.75) is 37.9 Å². The van der Waals surface area contributed by atoms with Crippen LogP contribution in [0.15, 0.2) is 53.9 Å². The third-order valence-electron chi connectivity index (χ3n) is 6.00. The van der Waals surface area contributed by atoms with Gasteiger partial charge in [0.1, 0.15) is 17.7 Å². The van der Waals surface area contributed by atoms with E-state index >= 15 is 0 Å². The fourth-order valence-electron chi connectivity index (χ4n) is 4.03. The lowest BCUT2D eigenvalue weighted by Gasteiger charge is -2.13. The number of thioether (sulfide) groups is 1. The second-order valence-corrected chi connectivity index (χ2v) is 9.28. The van der Waals surface area contributed by atoms with Crippen LogP contribution in [-0.4, -0.2) is 36.0 Å². The number of rotatable bonds is 7. The van der Waals surface area contributed by atoms with Crippen molar-refractivity contribution in [1.82, 2.24) is 24.3 Å². The van der Waals surface area contributed by atoms with E-state index in [1.807, 2.05) is 26.0 Å². The molecule has 1 saturated carbocycles. The summed E-state index contributed by atoms with van der Waals surface area (Å²) in [4.78, 5) is 17.1. The van der Waals surface area contributed by atoms with Crippen LogP contribution in [0.5, 0.6) is 0 Å². The van der Waals surface area contributed by atoms with Gasteiger partial charge in [0.15, 0.2) is 11.0 Å². The van der Waals surface area contributed by atoms with Crippen molar-refractivity contribution in [3.63, 3.8) is 0 Å². The first-order valence-corrected chi connectivity index (χ1v) is 12.1. The highest BCUT2D eigenvalue weighted by Crippen LogP contribution is 2.41. The third-order valence-corrected chi connectivity index (χ3v) is 6.94. The van der Waals surface area contributed by atoms with Crippen LogP contribution in [-0.2, 0) is 4.79 Å². The van der Waals surface area contributed by atoms with Gasteiger partial charge in [-0.2, -0.15) is 5.26 Å². The van der Waals surface area contributed by atoms with Crippen LogP contribution in [0, 0.1) is 31.0 Å². The van der Waals surface area contributed by atoms with Gasteiger partial charge in [-0.1, -0.05) is 17.8 Å². The number of halogens is 1. The first-order chi connectivity index (χ1) is 17.0. The van der Waals surface area contributed by atoms with Crippen molar-refractivity contribution in [2.75, 3.05) is 11.1 Å². The van der Waals surface area contributed by atoms with Crippen molar-refractivity contribution in [2.24, 2.45) is 0 Å². The first-order valence-electron chi connectivity index (χ1n) is 11.1. The van der Waals surface area contributed by atoms with Crippen LogP contribution in [0.1, 0.15) is 35.7 Å². The summed E-state index contributed by atoms with van der Waals surface area (Å²) in [5.74, 6) is 0.482. The molecule has 35 heavy (non-hydrogen) atoms. The van der Waals surface area contributed by atoms with Gasteiger partial charge in [-0.3, -0.25) is 18.9 Å². The molecular weight excluding hydrogens is 465 g/mol. The lowest BCUT2D eigenvalue weighted by molar-refractivity contribution is -0.113. The Balaban J connectivity index is 1.39. The quantitative estimate of drug-likeness (QED) is 0.375. The van der Waals surface area contributed by atoms with Gasteiger partial charge in [-0.15, -0.1) is 10.2 Å². The van der Waals surface area contributed by atoms with Crippen molar-refractivity contribution >= 4 is 23.5 Å². The standard InChI is InChI=1S/C25H22FN7OS/c1-15-16(2)32(20-5-3-4-18(26)12-20)24(21(15)13-27)29-22(34)14-35-25-31-30-23(33(25)19-6-7-19)17-8-10-28-11-9-17/h3-5,8-12,19H,6-7,14H2,1-2H3,(H,29,34). The molecule has 0 atom stereocenters. The molecule has 0 spiro atoms. The molecule has 1 N–H and O–H groups in total. The summed E-state index contributed by atoms with van der Waals surface area (Å²) in [7, 11) is 0. The minimum Gasteiger partial charge on any atom is -0.310 e. The fraction of sp³-hybridized carbons (Fsp3) is 0.240. The smallest absolute Gasteiger partial charge is 0.236 e. The second-order valence-electron chi connectivity index (χ2n) is 8.34. The van der Waals surface area contributed by atoms with E-state index in [0.717, 1.165) is 35.5 Å². The van der Waals surface area contributed by atoms with Crippen LogP contribution in [0.3, 0.4) is 0 Å². The molecule has 3 heterocycles. The maximum Gasteiger partial charge on any atom is 0.236 e. The molecule has 4 aromatic rings. The minimum atomic E-state index is -0.399. The maximum absolute atomic E-state index is 13.9. The number of nitrogens with one attached hydrogen (secondary N) is 1. The summed E-state index contributed by atoms with van der Waals surface area (Å²) in [6.45, 7) is 3.65. The Labute approximate surface area is 205 Å². The molecule has 10 heteroatoms. The highest BCUT2D eigenvalue weighted by Gasteiger charge is 2.30. The van der Waals surface area contributed by atoms with Crippen molar-refractivity contribution in [3.8, 4) is 23.1 Å². The van der Waals surface area contributed by atoms with Crippen molar-refractivity contribution < 1.29 is 9.18 Å². The van der Waals surface area contributed by atoms with Gasteiger partial charge in [-0.25, -0.2) is 4.39 Å². The van der Waals surface area contributed by atoms with Crippen LogP contribution in [0.25, 0.3) is 17.1 Å². The lowest BCUT2D eigenvalue weighted by atomic mass is 10.2. The van der Waals surface area contributed by atoms with Gasteiger partial charge in [0, 0.05) is 29.7 Å². The minimum absolute atomic E-state index is 0.0818. The molecule has 0 aliphatic heterocycles. The molecule has 0 unspecified atom stereocenters. The van der Waals surface area contributed by atoms with Gasteiger partial charge in [-0.05, 0) is 62.6 Å². The predicted molar refractivity (Wildman–Crippen MR) is 131 cm³/mol. The maximum atomic E-state index is 13.9. The van der Waals surface area contributed by atoms with Gasteiger partial charge >= 0.3 is 0 Å². The van der Waals surface area contributed by atoms with E-state index < -0.39 is 5.82 Å². The summed E-state index contributed by atoms with van der Waals surface area (Å²) in [5.41, 5.74) is 3.30. The second kappa shape index (κ2) is 9.35. The average Bonchev–Trinajstić information content (AvgIpc) is 3.56. The molecule has 8 nitrogen and oxygen atoms in total. The third kappa shape index (κ3) is 4.42. The zero-order chi connectivity index (χ0) is 24.5. The fourth-order valence-corrected chi connectivity index (χ4v) is 4.84. The number of pyridine rings is 1. The number of hydrogen-bond acceptors (Lipinski definition) is 6. The number of nitrogens with zero attached hydrogens (tertiary/aromatic N) is 6. The predicted octanol–water partition coefficient (Wildman–Crippen LogP) is 4.82. The van der Waals surface area contributed by atoms with E-state index in [9.17, 15) is 14.4 Å². The molecule has 1 fully saturated rings. The molecule has 0 radical (unpaired) electrons. The molecule has 0 bridgehead atoms. The molecule has 1 aliphatic carbocycles. The van der Waals surface area contributed by atoms with Crippen LogP contribution in [0.4, 0.5) is 10.2 Å². The number of hydrogen-bond donors (Lipinski definition) is 1. The Morgan fingerprint density at radius 1 is 1.23 bits per heavy atom. The van der Waals surface area contributed by atoms with Crippen molar-refractivity contribution in [3.05, 3.63) is 71.4 Å². The Bertz CT molecular complexity index is 1450. The molecule has 1 aliphatic rings. The summed E-state index contributed by atoms with van der Waals surface area (Å²) < 4.78 is 17.7. The van der Waals surface area contributed by atoms with Gasteiger partial charge in [0.25, 0.3) is 0 Å². The molecule has 5 rings (SSSR count). The normalized spacial score (nSPS) is 13.0. The molecule has 3 aromatic heterocycles. The zero-order valence-electron chi connectivity index (χ0n) is 19.2. The first kappa shape index (κ1) is 22.8. The summed E-state index contributed by atoms with van der Waals surface area (Å²) in [5, 5.41) is 22.0. The number of carbonyl (C=O) groups is 1. The van der Waals surface area contributed by atoms with E-state index in [4.69, 9.17) is 0 Å². The number of aromatic nitrogens is 5. The molecule has 0 saturated heterocycles. The number of anilines is 1. The van der Waals surface area contributed by atoms with E-state index in [1.165, 1.54) is 23.9 Å². The summed E-state index contributed by atoms with van der Waals surface area (Å²) in [6, 6.07) is 12.3. The van der Waals surface area contributed by atoms with Crippen LogP contribution >= 0.6 is 11.8 Å². The SMILES string of the molecule is Cc1c(C#N)c(NC(=O)CSc2nnc(-c3ccncc3)n2C2CC2)n(-c2cccc(F)c2)c1C. The van der Waals surface area contributed by atoms with Crippen molar-refractivity contribution in [1.29, 1.82) is 5.26 Å². The Morgan fingerprint density at radius 2 is 2.00 bits per heavy atom. The van der Waals surface area contributed by atoms with Crippen LogP contribution in [0.2, 0.25) is 0 Å². The van der Waals surface area contributed by atoms with Crippen LogP contribution < -0.4 is 5.32 Å². The van der Waals surface area contributed by atoms with Gasteiger partial charge in [0.05, 0.1) is 17.0 Å². The van der Waals surface area contributed by atoms with E-state index in [0.29, 0.717) is 28.3 Å². The van der Waals surface area contributed by atoms with Gasteiger partial charge in [0.2, 0.25) is 5.91 Å². The molecule has 1 aromatic carbocycles.